The minimum atomic E-state index is -0.432. The lowest BCUT2D eigenvalue weighted by molar-refractivity contribution is 0.0198. The summed E-state index contributed by atoms with van der Waals surface area (Å²) in [7, 11) is 0. The van der Waals surface area contributed by atoms with Gasteiger partial charge in [-0.25, -0.2) is 9.78 Å². The molecule has 0 spiro atoms. The van der Waals surface area contributed by atoms with Crippen LogP contribution in [0.25, 0.3) is 0 Å². The highest BCUT2D eigenvalue weighted by molar-refractivity contribution is 5.68. The van der Waals surface area contributed by atoms with Gasteiger partial charge in [-0.2, -0.15) is 5.10 Å². The molecule has 112 valence electrons. The molecule has 0 aliphatic carbocycles. The number of H-pyrrole nitrogens is 1. The third-order valence-electron chi connectivity index (χ3n) is 3.17. The predicted molar refractivity (Wildman–Crippen MR) is 74.1 cm³/mol. The number of rotatable bonds is 3. The normalized spacial score (nSPS) is 17.2. The lowest BCUT2D eigenvalue weighted by Crippen LogP contribution is -2.46. The van der Waals surface area contributed by atoms with Gasteiger partial charge >= 0.3 is 6.09 Å². The van der Waals surface area contributed by atoms with Crippen LogP contribution in [0.3, 0.4) is 0 Å². The van der Waals surface area contributed by atoms with E-state index in [0.717, 1.165) is 31.8 Å². The van der Waals surface area contributed by atoms with Gasteiger partial charge in [-0.3, -0.25) is 5.10 Å². The summed E-state index contributed by atoms with van der Waals surface area (Å²) in [6.07, 6.45) is 3.13. The van der Waals surface area contributed by atoms with Gasteiger partial charge in [0.2, 0.25) is 0 Å². The van der Waals surface area contributed by atoms with Crippen molar-refractivity contribution in [1.29, 1.82) is 0 Å². The molecule has 1 aromatic heterocycles. The molecule has 1 aromatic rings. The third-order valence-corrected chi connectivity index (χ3v) is 3.17. The molecule has 0 unspecified atom stereocenters. The van der Waals surface area contributed by atoms with Gasteiger partial charge in [0.05, 0.1) is 6.54 Å². The summed E-state index contributed by atoms with van der Waals surface area (Å²) in [6, 6.07) is 0.402. The molecule has 0 radical (unpaired) electrons. The van der Waals surface area contributed by atoms with Gasteiger partial charge in [-0.05, 0) is 33.6 Å². The Morgan fingerprint density at radius 3 is 2.75 bits per heavy atom. The molecule has 7 heteroatoms. The molecule has 2 heterocycles. The highest BCUT2D eigenvalue weighted by Gasteiger charge is 2.26. The number of aromatic amines is 1. The van der Waals surface area contributed by atoms with E-state index in [2.05, 4.69) is 20.5 Å². The van der Waals surface area contributed by atoms with E-state index in [1.165, 1.54) is 6.33 Å². The first-order valence-corrected chi connectivity index (χ1v) is 6.99. The first-order chi connectivity index (χ1) is 9.44. The molecule has 0 saturated carbocycles. The molecule has 0 aromatic carbocycles. The fraction of sp³-hybridized carbons (Fsp3) is 0.769. The molecule has 20 heavy (non-hydrogen) atoms. The predicted octanol–water partition coefficient (Wildman–Crippen LogP) is 1.29. The minimum Gasteiger partial charge on any atom is -0.444 e. The Kier molecular flexibility index (Phi) is 4.59. The quantitative estimate of drug-likeness (QED) is 0.872. The largest absolute Gasteiger partial charge is 0.444 e. The van der Waals surface area contributed by atoms with Crippen LogP contribution < -0.4 is 5.32 Å². The van der Waals surface area contributed by atoms with Crippen molar-refractivity contribution < 1.29 is 9.53 Å². The Hall–Kier alpha value is -1.63. The Morgan fingerprint density at radius 1 is 1.50 bits per heavy atom. The van der Waals surface area contributed by atoms with Crippen molar-refractivity contribution in [3.63, 3.8) is 0 Å². The molecule has 1 amide bonds. The van der Waals surface area contributed by atoms with Crippen LogP contribution in [0.5, 0.6) is 0 Å². The summed E-state index contributed by atoms with van der Waals surface area (Å²) in [5, 5.41) is 10.1. The third kappa shape index (κ3) is 4.48. The van der Waals surface area contributed by atoms with Crippen LogP contribution in [0.1, 0.15) is 39.4 Å². The Morgan fingerprint density at radius 2 is 2.20 bits per heavy atom. The van der Waals surface area contributed by atoms with Gasteiger partial charge in [0.25, 0.3) is 0 Å². The maximum absolute atomic E-state index is 11.9. The van der Waals surface area contributed by atoms with Crippen LogP contribution >= 0.6 is 0 Å². The van der Waals surface area contributed by atoms with Crippen LogP contribution in [0.15, 0.2) is 6.33 Å². The van der Waals surface area contributed by atoms with Crippen molar-refractivity contribution in [3.8, 4) is 0 Å². The second-order valence-electron chi connectivity index (χ2n) is 6.05. The van der Waals surface area contributed by atoms with Gasteiger partial charge in [0, 0.05) is 19.1 Å². The van der Waals surface area contributed by atoms with Crippen LogP contribution in [0, 0.1) is 0 Å². The monoisotopic (exact) mass is 281 g/mol. The second kappa shape index (κ2) is 6.21. The van der Waals surface area contributed by atoms with E-state index >= 15 is 0 Å². The molecule has 0 atom stereocenters. The van der Waals surface area contributed by atoms with Gasteiger partial charge in [0.15, 0.2) is 0 Å². The molecule has 1 fully saturated rings. The van der Waals surface area contributed by atoms with E-state index in [1.54, 1.807) is 4.90 Å². The SMILES string of the molecule is CC(C)(C)OC(=O)N1CCC(NCc2ncn[nH]2)CC1. The average Bonchev–Trinajstić information content (AvgIpc) is 2.88. The van der Waals surface area contributed by atoms with E-state index in [0.29, 0.717) is 12.6 Å². The molecule has 1 saturated heterocycles. The second-order valence-corrected chi connectivity index (χ2v) is 6.05. The van der Waals surface area contributed by atoms with E-state index in [4.69, 9.17) is 4.74 Å². The Bertz CT molecular complexity index is 418. The summed E-state index contributed by atoms with van der Waals surface area (Å²) in [5.41, 5.74) is -0.432. The van der Waals surface area contributed by atoms with Gasteiger partial charge in [-0.15, -0.1) is 0 Å². The van der Waals surface area contributed by atoms with Gasteiger partial charge < -0.3 is 15.0 Å². The number of likely N-dealkylation sites (tertiary alicyclic amines) is 1. The molecular formula is C13H23N5O2. The molecule has 2 rings (SSSR count). The molecule has 1 aliphatic heterocycles. The summed E-state index contributed by atoms with van der Waals surface area (Å²) < 4.78 is 5.37. The van der Waals surface area contributed by atoms with Crippen molar-refractivity contribution in [2.45, 2.75) is 51.8 Å². The first kappa shape index (κ1) is 14.8. The van der Waals surface area contributed by atoms with E-state index in [1.807, 2.05) is 20.8 Å². The number of amides is 1. The van der Waals surface area contributed by atoms with E-state index in [9.17, 15) is 4.79 Å². The van der Waals surface area contributed by atoms with Crippen LogP contribution in [0.4, 0.5) is 4.79 Å². The highest BCUT2D eigenvalue weighted by atomic mass is 16.6. The molecule has 1 aliphatic rings. The smallest absolute Gasteiger partial charge is 0.410 e. The van der Waals surface area contributed by atoms with Crippen molar-refractivity contribution in [2.24, 2.45) is 0 Å². The average molecular weight is 281 g/mol. The number of nitrogens with zero attached hydrogens (tertiary/aromatic N) is 3. The van der Waals surface area contributed by atoms with Crippen molar-refractivity contribution in [1.82, 2.24) is 25.4 Å². The first-order valence-electron chi connectivity index (χ1n) is 6.99. The number of nitrogens with one attached hydrogen (secondary N) is 2. The summed E-state index contributed by atoms with van der Waals surface area (Å²) in [5.74, 6) is 0.833. The Balaban J connectivity index is 1.71. The standard InChI is InChI=1S/C13H23N5O2/c1-13(2,3)20-12(19)18-6-4-10(5-7-18)14-8-11-15-9-16-17-11/h9-10,14H,4-8H2,1-3H3,(H,15,16,17). The highest BCUT2D eigenvalue weighted by Crippen LogP contribution is 2.15. The molecule has 2 N–H and O–H groups in total. The lowest BCUT2D eigenvalue weighted by atomic mass is 10.1. The van der Waals surface area contributed by atoms with Crippen LogP contribution in [-0.2, 0) is 11.3 Å². The van der Waals surface area contributed by atoms with E-state index in [-0.39, 0.29) is 6.09 Å². The fourth-order valence-electron chi connectivity index (χ4n) is 2.15. The maximum atomic E-state index is 11.9. The molecule has 0 bridgehead atoms. The van der Waals surface area contributed by atoms with Crippen molar-refractivity contribution in [3.05, 3.63) is 12.2 Å². The maximum Gasteiger partial charge on any atom is 0.410 e. The van der Waals surface area contributed by atoms with Gasteiger partial charge in [0.1, 0.15) is 17.8 Å². The summed E-state index contributed by atoms with van der Waals surface area (Å²) in [6.45, 7) is 7.78. The number of carbonyl (C=O) groups is 1. The Labute approximate surface area is 119 Å². The number of carbonyl (C=O) groups excluding carboxylic acids is 1. The fourth-order valence-corrected chi connectivity index (χ4v) is 2.15. The van der Waals surface area contributed by atoms with Crippen molar-refractivity contribution >= 4 is 6.09 Å². The zero-order valence-corrected chi connectivity index (χ0v) is 12.3. The molecule has 7 nitrogen and oxygen atoms in total. The summed E-state index contributed by atoms with van der Waals surface area (Å²) >= 11 is 0. The number of aromatic nitrogens is 3. The van der Waals surface area contributed by atoms with E-state index < -0.39 is 5.60 Å². The topological polar surface area (TPSA) is 83.1 Å². The number of ether oxygens (including phenoxy) is 1. The number of hydrogen-bond acceptors (Lipinski definition) is 5. The van der Waals surface area contributed by atoms with Crippen LogP contribution in [0.2, 0.25) is 0 Å². The van der Waals surface area contributed by atoms with Crippen molar-refractivity contribution in [2.75, 3.05) is 13.1 Å². The van der Waals surface area contributed by atoms with Gasteiger partial charge in [-0.1, -0.05) is 0 Å². The summed E-state index contributed by atoms with van der Waals surface area (Å²) in [4.78, 5) is 17.8. The van der Waals surface area contributed by atoms with Crippen LogP contribution in [-0.4, -0.2) is 50.9 Å². The zero-order valence-electron chi connectivity index (χ0n) is 12.3. The zero-order chi connectivity index (χ0) is 14.6. The molecular weight excluding hydrogens is 258 g/mol. The number of hydrogen-bond donors (Lipinski definition) is 2. The number of piperidine rings is 1. The minimum absolute atomic E-state index is 0.216. The lowest BCUT2D eigenvalue weighted by Gasteiger charge is -2.33.